The van der Waals surface area contributed by atoms with Crippen molar-refractivity contribution < 1.29 is 0 Å². The first-order valence-electron chi connectivity index (χ1n) is 4.61. The number of nitrogens with zero attached hydrogens (tertiary/aromatic N) is 1. The van der Waals surface area contributed by atoms with Crippen LogP contribution < -0.4 is 0 Å². The third-order valence-corrected chi connectivity index (χ3v) is 2.21. The molecule has 0 bridgehead atoms. The largest absolute Gasteiger partial charge is 0.198 e. The summed E-state index contributed by atoms with van der Waals surface area (Å²) in [6.07, 6.45) is 0. The number of hydrogen-bond donors (Lipinski definition) is 0. The third kappa shape index (κ3) is 2.32. The fraction of sp³-hybridized carbons (Fsp3) is 0.417. The van der Waals surface area contributed by atoms with E-state index in [1.54, 1.807) is 0 Å². The molecule has 1 nitrogen and oxygen atoms in total. The Morgan fingerprint density at radius 1 is 1.31 bits per heavy atom. The molecule has 1 aromatic carbocycles. The molecule has 1 atom stereocenters. The molecule has 0 aliphatic heterocycles. The summed E-state index contributed by atoms with van der Waals surface area (Å²) in [6.45, 7) is 6.21. The van der Waals surface area contributed by atoms with Crippen molar-refractivity contribution in [2.45, 2.75) is 26.7 Å². The van der Waals surface area contributed by atoms with Crippen LogP contribution in [-0.2, 0) is 0 Å². The van der Waals surface area contributed by atoms with E-state index in [4.69, 9.17) is 5.26 Å². The first-order chi connectivity index (χ1) is 6.15. The molecule has 0 aliphatic rings. The lowest BCUT2D eigenvalue weighted by molar-refractivity contribution is 0.587. The maximum absolute atomic E-state index is 8.99. The van der Waals surface area contributed by atoms with Gasteiger partial charge in [0.05, 0.1) is 12.0 Å². The molecule has 0 unspecified atom stereocenters. The molecule has 0 N–H and O–H groups in total. The van der Waals surface area contributed by atoms with Gasteiger partial charge in [-0.15, -0.1) is 0 Å². The summed E-state index contributed by atoms with van der Waals surface area (Å²) in [7, 11) is 0. The van der Waals surface area contributed by atoms with Crippen LogP contribution in [0.2, 0.25) is 0 Å². The Morgan fingerprint density at radius 3 is 2.46 bits per heavy atom. The molecule has 0 heterocycles. The van der Waals surface area contributed by atoms with Crippen molar-refractivity contribution in [2.75, 3.05) is 0 Å². The third-order valence-electron chi connectivity index (χ3n) is 2.21. The minimum atomic E-state index is 0.0277. The van der Waals surface area contributed by atoms with Crippen LogP contribution in [0.3, 0.4) is 0 Å². The molecule has 0 aromatic heterocycles. The predicted octanol–water partition coefficient (Wildman–Crippen LogP) is 3.26. The van der Waals surface area contributed by atoms with Crippen LogP contribution in [0.15, 0.2) is 24.3 Å². The van der Waals surface area contributed by atoms with Gasteiger partial charge in [0.2, 0.25) is 0 Å². The normalized spacial score (nSPS) is 12.5. The second-order valence-corrected chi connectivity index (χ2v) is 3.76. The van der Waals surface area contributed by atoms with Crippen LogP contribution in [-0.4, -0.2) is 0 Å². The first kappa shape index (κ1) is 9.80. The molecule has 1 aromatic rings. The second kappa shape index (κ2) is 4.09. The maximum Gasteiger partial charge on any atom is 0.0735 e. The predicted molar refractivity (Wildman–Crippen MR) is 54.4 cm³/mol. The van der Waals surface area contributed by atoms with Crippen LogP contribution in [0, 0.1) is 24.2 Å². The minimum absolute atomic E-state index is 0.0277. The second-order valence-electron chi connectivity index (χ2n) is 3.76. The Morgan fingerprint density at radius 2 is 2.00 bits per heavy atom. The lowest BCUT2D eigenvalue weighted by Crippen LogP contribution is -2.03. The van der Waals surface area contributed by atoms with Gasteiger partial charge in [-0.05, 0) is 18.4 Å². The van der Waals surface area contributed by atoms with E-state index in [1.165, 1.54) is 5.56 Å². The fourth-order valence-corrected chi connectivity index (χ4v) is 1.47. The SMILES string of the molecule is Cc1cccc([C@@H](C#N)C(C)C)c1. The van der Waals surface area contributed by atoms with E-state index in [0.717, 1.165) is 5.56 Å². The number of hydrogen-bond acceptors (Lipinski definition) is 1. The summed E-state index contributed by atoms with van der Waals surface area (Å²) in [5.74, 6) is 0.409. The van der Waals surface area contributed by atoms with Crippen LogP contribution in [0.1, 0.15) is 30.9 Å². The van der Waals surface area contributed by atoms with E-state index in [1.807, 2.05) is 12.1 Å². The van der Waals surface area contributed by atoms with Gasteiger partial charge in [-0.25, -0.2) is 0 Å². The van der Waals surface area contributed by atoms with Crippen molar-refractivity contribution in [1.82, 2.24) is 0 Å². The van der Waals surface area contributed by atoms with Crippen molar-refractivity contribution in [2.24, 2.45) is 5.92 Å². The lowest BCUT2D eigenvalue weighted by atomic mass is 9.89. The molecule has 0 aliphatic carbocycles. The molecule has 13 heavy (non-hydrogen) atoms. The van der Waals surface area contributed by atoms with Crippen molar-refractivity contribution in [3.63, 3.8) is 0 Å². The van der Waals surface area contributed by atoms with Gasteiger partial charge < -0.3 is 0 Å². The molecule has 1 heteroatoms. The summed E-state index contributed by atoms with van der Waals surface area (Å²) < 4.78 is 0. The van der Waals surface area contributed by atoms with Gasteiger partial charge in [0, 0.05) is 0 Å². The number of rotatable bonds is 2. The molecule has 68 valence electrons. The topological polar surface area (TPSA) is 23.8 Å². The van der Waals surface area contributed by atoms with E-state index in [2.05, 4.69) is 39.0 Å². The van der Waals surface area contributed by atoms with Crippen LogP contribution >= 0.6 is 0 Å². The monoisotopic (exact) mass is 173 g/mol. The number of aryl methyl sites for hydroxylation is 1. The van der Waals surface area contributed by atoms with E-state index < -0.39 is 0 Å². The van der Waals surface area contributed by atoms with E-state index in [-0.39, 0.29) is 5.92 Å². The Kier molecular flexibility index (Phi) is 3.08. The van der Waals surface area contributed by atoms with Crippen LogP contribution in [0.25, 0.3) is 0 Å². The van der Waals surface area contributed by atoms with Gasteiger partial charge in [0.1, 0.15) is 0 Å². The van der Waals surface area contributed by atoms with Crippen molar-refractivity contribution in [3.8, 4) is 6.07 Å². The Balaban J connectivity index is 3.00. The average molecular weight is 173 g/mol. The quantitative estimate of drug-likeness (QED) is 0.673. The standard InChI is InChI=1S/C12H15N/c1-9(2)12(8-13)11-6-4-5-10(3)7-11/h4-7,9,12H,1-3H3/t12-/m0/s1. The molecule has 0 spiro atoms. The molecule has 0 fully saturated rings. The van der Waals surface area contributed by atoms with Gasteiger partial charge >= 0.3 is 0 Å². The highest BCUT2D eigenvalue weighted by Crippen LogP contribution is 2.23. The molecule has 0 saturated carbocycles. The van der Waals surface area contributed by atoms with E-state index in [9.17, 15) is 0 Å². The number of benzene rings is 1. The molecular weight excluding hydrogens is 158 g/mol. The zero-order chi connectivity index (χ0) is 9.84. The Hall–Kier alpha value is -1.29. The zero-order valence-corrected chi connectivity index (χ0v) is 8.41. The van der Waals surface area contributed by atoms with Gasteiger partial charge in [-0.2, -0.15) is 5.26 Å². The van der Waals surface area contributed by atoms with Gasteiger partial charge in [-0.3, -0.25) is 0 Å². The highest BCUT2D eigenvalue weighted by atomic mass is 14.3. The highest BCUT2D eigenvalue weighted by Gasteiger charge is 2.14. The Bertz CT molecular complexity index is 320. The van der Waals surface area contributed by atoms with Gasteiger partial charge in [-0.1, -0.05) is 43.7 Å². The molecule has 0 amide bonds. The molecule has 0 saturated heterocycles. The highest BCUT2D eigenvalue weighted by molar-refractivity contribution is 5.29. The maximum atomic E-state index is 8.99. The molecular formula is C12H15N. The summed E-state index contributed by atoms with van der Waals surface area (Å²) in [6, 6.07) is 10.5. The lowest BCUT2D eigenvalue weighted by Gasteiger charge is -2.13. The summed E-state index contributed by atoms with van der Waals surface area (Å²) >= 11 is 0. The first-order valence-corrected chi connectivity index (χ1v) is 4.61. The van der Waals surface area contributed by atoms with Crippen molar-refractivity contribution in [3.05, 3.63) is 35.4 Å². The van der Waals surface area contributed by atoms with Gasteiger partial charge in [0.25, 0.3) is 0 Å². The Labute approximate surface area is 80.0 Å². The average Bonchev–Trinajstić information content (AvgIpc) is 2.04. The summed E-state index contributed by atoms with van der Waals surface area (Å²) in [5, 5.41) is 8.99. The van der Waals surface area contributed by atoms with Crippen LogP contribution in [0.4, 0.5) is 0 Å². The number of nitriles is 1. The van der Waals surface area contributed by atoms with Crippen LogP contribution in [0.5, 0.6) is 0 Å². The van der Waals surface area contributed by atoms with E-state index in [0.29, 0.717) is 5.92 Å². The molecule has 0 radical (unpaired) electrons. The minimum Gasteiger partial charge on any atom is -0.198 e. The van der Waals surface area contributed by atoms with Crippen molar-refractivity contribution >= 4 is 0 Å². The fourth-order valence-electron chi connectivity index (χ4n) is 1.47. The smallest absolute Gasteiger partial charge is 0.0735 e. The van der Waals surface area contributed by atoms with E-state index >= 15 is 0 Å². The summed E-state index contributed by atoms with van der Waals surface area (Å²) in [4.78, 5) is 0. The zero-order valence-electron chi connectivity index (χ0n) is 8.41. The van der Waals surface area contributed by atoms with Crippen molar-refractivity contribution in [1.29, 1.82) is 5.26 Å². The summed E-state index contributed by atoms with van der Waals surface area (Å²) in [5.41, 5.74) is 2.36. The molecule has 1 rings (SSSR count). The van der Waals surface area contributed by atoms with Gasteiger partial charge in [0.15, 0.2) is 0 Å².